The van der Waals surface area contributed by atoms with Crippen molar-refractivity contribution in [3.05, 3.63) is 65.9 Å². The molecule has 1 heterocycles. The third kappa shape index (κ3) is 2.56. The summed E-state index contributed by atoms with van der Waals surface area (Å²) in [5.74, 6) is -0.313. The van der Waals surface area contributed by atoms with E-state index >= 15 is 0 Å². The molecule has 1 saturated heterocycles. The van der Waals surface area contributed by atoms with Gasteiger partial charge >= 0.3 is 6.03 Å². The maximum atomic E-state index is 11.8. The molecule has 0 unspecified atom stereocenters. The van der Waals surface area contributed by atoms with Crippen LogP contribution in [0.15, 0.2) is 60.3 Å². The lowest BCUT2D eigenvalue weighted by molar-refractivity contribution is -0.121. The van der Waals surface area contributed by atoms with Gasteiger partial charge in [-0.3, -0.25) is 9.69 Å². The molecule has 0 spiro atoms. The molecule has 0 bridgehead atoms. The number of hydrogen-bond donors (Lipinski definition) is 1. The highest BCUT2D eigenvalue weighted by atomic mass is 16.2. The summed E-state index contributed by atoms with van der Waals surface area (Å²) >= 11 is 0. The molecule has 1 aliphatic rings. The molecule has 0 saturated carbocycles. The monoisotopic (exact) mass is 278 g/mol. The van der Waals surface area contributed by atoms with E-state index in [2.05, 4.69) is 5.32 Å². The van der Waals surface area contributed by atoms with E-state index in [1.54, 1.807) is 6.08 Å². The molecule has 4 nitrogen and oxygen atoms in total. The van der Waals surface area contributed by atoms with Crippen molar-refractivity contribution in [1.82, 2.24) is 10.2 Å². The van der Waals surface area contributed by atoms with Crippen molar-refractivity contribution in [2.24, 2.45) is 0 Å². The maximum absolute atomic E-state index is 11.8. The first-order chi connectivity index (χ1) is 10.1. The summed E-state index contributed by atoms with van der Waals surface area (Å²) in [5, 5.41) is 2.55. The van der Waals surface area contributed by atoms with Crippen LogP contribution in [0.3, 0.4) is 0 Å². The summed E-state index contributed by atoms with van der Waals surface area (Å²) in [7, 11) is 1.46. The van der Waals surface area contributed by atoms with Gasteiger partial charge in [-0.25, -0.2) is 4.79 Å². The van der Waals surface area contributed by atoms with Crippen LogP contribution >= 0.6 is 0 Å². The summed E-state index contributed by atoms with van der Waals surface area (Å²) < 4.78 is 0. The quantitative estimate of drug-likeness (QED) is 0.678. The fraction of sp³-hybridized carbons (Fsp3) is 0.0588. The van der Waals surface area contributed by atoms with Crippen LogP contribution in [-0.2, 0) is 4.79 Å². The van der Waals surface area contributed by atoms with Crippen LogP contribution in [0.4, 0.5) is 4.79 Å². The molecule has 3 amide bonds. The van der Waals surface area contributed by atoms with Crippen LogP contribution in [0.2, 0.25) is 0 Å². The third-order valence-electron chi connectivity index (χ3n) is 3.41. The highest BCUT2D eigenvalue weighted by Crippen LogP contribution is 2.20. The molecule has 0 aliphatic carbocycles. The van der Waals surface area contributed by atoms with Gasteiger partial charge in [-0.05, 0) is 22.8 Å². The predicted octanol–water partition coefficient (Wildman–Crippen LogP) is 2.88. The van der Waals surface area contributed by atoms with Gasteiger partial charge in [-0.15, -0.1) is 0 Å². The Morgan fingerprint density at radius 1 is 0.905 bits per heavy atom. The minimum atomic E-state index is -0.396. The summed E-state index contributed by atoms with van der Waals surface area (Å²) in [4.78, 5) is 24.2. The summed E-state index contributed by atoms with van der Waals surface area (Å²) in [6.45, 7) is 0. The molecule has 1 N–H and O–H groups in total. The summed E-state index contributed by atoms with van der Waals surface area (Å²) in [6, 6.07) is 17.5. The van der Waals surface area contributed by atoms with Crippen LogP contribution in [0.5, 0.6) is 0 Å². The van der Waals surface area contributed by atoms with E-state index in [1.165, 1.54) is 7.05 Å². The Morgan fingerprint density at radius 2 is 1.52 bits per heavy atom. The first kappa shape index (κ1) is 13.1. The number of nitrogens with zero attached hydrogens (tertiary/aromatic N) is 1. The first-order valence-electron chi connectivity index (χ1n) is 6.61. The second kappa shape index (κ2) is 5.25. The number of rotatable bonds is 2. The minimum Gasteiger partial charge on any atom is -0.303 e. The number of amides is 3. The standard InChI is InChI=1S/C17H14N2O2/c1-19-16(20)15(18-17(19)21)11-12-7-9-14(10-8-12)13-5-3-2-4-6-13/h2-11H,1H3,(H,18,21). The Kier molecular flexibility index (Phi) is 3.28. The number of nitrogens with one attached hydrogen (secondary N) is 1. The van der Waals surface area contributed by atoms with Gasteiger partial charge in [-0.1, -0.05) is 54.6 Å². The van der Waals surface area contributed by atoms with Crippen LogP contribution in [0, 0.1) is 0 Å². The van der Waals surface area contributed by atoms with E-state index in [0.717, 1.165) is 21.6 Å². The van der Waals surface area contributed by atoms with Crippen LogP contribution < -0.4 is 5.32 Å². The van der Waals surface area contributed by atoms with Crippen molar-refractivity contribution in [1.29, 1.82) is 0 Å². The van der Waals surface area contributed by atoms with E-state index in [4.69, 9.17) is 0 Å². The Morgan fingerprint density at radius 3 is 2.10 bits per heavy atom. The highest BCUT2D eigenvalue weighted by molar-refractivity contribution is 6.13. The number of hydrogen-bond acceptors (Lipinski definition) is 2. The second-order valence-corrected chi connectivity index (χ2v) is 4.84. The van der Waals surface area contributed by atoms with Gasteiger partial charge in [0.25, 0.3) is 5.91 Å². The van der Waals surface area contributed by atoms with Crippen molar-refractivity contribution in [3.63, 3.8) is 0 Å². The lowest BCUT2D eigenvalue weighted by Crippen LogP contribution is -2.25. The molecule has 4 heteroatoms. The number of likely N-dealkylation sites (N-methyl/N-ethyl adjacent to an activating group) is 1. The molecule has 21 heavy (non-hydrogen) atoms. The van der Waals surface area contributed by atoms with Crippen LogP contribution in [-0.4, -0.2) is 23.9 Å². The Labute approximate surface area is 122 Å². The fourth-order valence-corrected chi connectivity index (χ4v) is 2.19. The maximum Gasteiger partial charge on any atom is 0.328 e. The van der Waals surface area contributed by atoms with Crippen molar-refractivity contribution >= 4 is 18.0 Å². The van der Waals surface area contributed by atoms with E-state index in [-0.39, 0.29) is 5.91 Å². The van der Waals surface area contributed by atoms with Gasteiger partial charge in [0.1, 0.15) is 5.70 Å². The van der Waals surface area contributed by atoms with E-state index in [9.17, 15) is 9.59 Å². The topological polar surface area (TPSA) is 49.4 Å². The molecule has 0 radical (unpaired) electrons. The second-order valence-electron chi connectivity index (χ2n) is 4.84. The van der Waals surface area contributed by atoms with Gasteiger partial charge in [0, 0.05) is 7.05 Å². The predicted molar refractivity (Wildman–Crippen MR) is 81.2 cm³/mol. The number of urea groups is 1. The molecular weight excluding hydrogens is 264 g/mol. The summed E-state index contributed by atoms with van der Waals surface area (Å²) in [6.07, 6.45) is 1.68. The number of carbonyl (C=O) groups excluding carboxylic acids is 2. The van der Waals surface area contributed by atoms with E-state index in [0.29, 0.717) is 5.70 Å². The average molecular weight is 278 g/mol. The van der Waals surface area contributed by atoms with Gasteiger partial charge in [0.15, 0.2) is 0 Å². The van der Waals surface area contributed by atoms with Crippen molar-refractivity contribution in [2.45, 2.75) is 0 Å². The third-order valence-corrected chi connectivity index (χ3v) is 3.41. The van der Waals surface area contributed by atoms with Crippen LogP contribution in [0.25, 0.3) is 17.2 Å². The molecular formula is C17H14N2O2. The van der Waals surface area contributed by atoms with E-state index < -0.39 is 6.03 Å². The molecule has 3 rings (SSSR count). The Bertz CT molecular complexity index is 718. The average Bonchev–Trinajstić information content (AvgIpc) is 2.76. The molecule has 0 aromatic heterocycles. The van der Waals surface area contributed by atoms with Crippen LogP contribution in [0.1, 0.15) is 5.56 Å². The zero-order valence-electron chi connectivity index (χ0n) is 11.5. The molecule has 1 aliphatic heterocycles. The SMILES string of the molecule is CN1C(=O)NC(=Cc2ccc(-c3ccccc3)cc2)C1=O. The van der Waals surface area contributed by atoms with Gasteiger partial charge < -0.3 is 5.32 Å². The molecule has 104 valence electrons. The zero-order chi connectivity index (χ0) is 14.8. The minimum absolute atomic E-state index is 0.301. The molecule has 2 aromatic carbocycles. The van der Waals surface area contributed by atoms with Crippen molar-refractivity contribution in [2.75, 3.05) is 7.05 Å². The highest BCUT2D eigenvalue weighted by Gasteiger charge is 2.29. The first-order valence-corrected chi connectivity index (χ1v) is 6.61. The smallest absolute Gasteiger partial charge is 0.303 e. The largest absolute Gasteiger partial charge is 0.328 e. The Balaban J connectivity index is 1.86. The summed E-state index contributed by atoms with van der Waals surface area (Å²) in [5.41, 5.74) is 3.42. The van der Waals surface area contributed by atoms with Crippen molar-refractivity contribution in [3.8, 4) is 11.1 Å². The lowest BCUT2D eigenvalue weighted by Gasteiger charge is -2.02. The number of carbonyl (C=O) groups is 2. The molecule has 2 aromatic rings. The van der Waals surface area contributed by atoms with Crippen molar-refractivity contribution < 1.29 is 9.59 Å². The lowest BCUT2D eigenvalue weighted by atomic mass is 10.0. The van der Waals surface area contributed by atoms with E-state index in [1.807, 2.05) is 54.6 Å². The Hall–Kier alpha value is -2.88. The number of imide groups is 1. The van der Waals surface area contributed by atoms with Gasteiger partial charge in [-0.2, -0.15) is 0 Å². The molecule has 1 fully saturated rings. The number of benzene rings is 2. The van der Waals surface area contributed by atoms with Gasteiger partial charge in [0.05, 0.1) is 0 Å². The fourth-order valence-electron chi connectivity index (χ4n) is 2.19. The van der Waals surface area contributed by atoms with Gasteiger partial charge in [0.2, 0.25) is 0 Å². The normalized spacial score (nSPS) is 16.4. The zero-order valence-corrected chi connectivity index (χ0v) is 11.5. The molecule has 0 atom stereocenters.